The van der Waals surface area contributed by atoms with E-state index in [1.165, 1.54) is 12.1 Å². The topological polar surface area (TPSA) is 29.9 Å². The first kappa shape index (κ1) is 12.0. The minimum Gasteiger partial charge on any atom is -0.325 e. The van der Waals surface area contributed by atoms with Crippen LogP contribution in [0.4, 0.5) is 4.39 Å². The highest BCUT2D eigenvalue weighted by molar-refractivity contribution is 5.76. The lowest BCUT2D eigenvalue weighted by Crippen LogP contribution is -2.15. The van der Waals surface area contributed by atoms with Crippen LogP contribution in [-0.4, -0.2) is 23.1 Å². The Morgan fingerprint density at radius 3 is 2.82 bits per heavy atom. The number of imidazole rings is 1. The first-order valence-corrected chi connectivity index (χ1v) is 5.94. The van der Waals surface area contributed by atoms with Crippen LogP contribution in [0.2, 0.25) is 0 Å². The summed E-state index contributed by atoms with van der Waals surface area (Å²) in [5.41, 5.74) is 1.75. The molecular weight excluding hydrogens is 217 g/mol. The number of hydrogen-bond donors (Lipinski definition) is 1. The molecule has 1 aromatic heterocycles. The molecule has 4 heteroatoms. The molecule has 0 aliphatic heterocycles. The molecule has 0 bridgehead atoms. The van der Waals surface area contributed by atoms with Crippen LogP contribution in [0.5, 0.6) is 0 Å². The van der Waals surface area contributed by atoms with Gasteiger partial charge in [0.25, 0.3) is 0 Å². The van der Waals surface area contributed by atoms with Gasteiger partial charge in [-0.15, -0.1) is 0 Å². The van der Waals surface area contributed by atoms with Gasteiger partial charge in [0.1, 0.15) is 11.6 Å². The minimum atomic E-state index is -0.230. The average Bonchev–Trinajstić information content (AvgIpc) is 2.63. The second kappa shape index (κ2) is 4.84. The van der Waals surface area contributed by atoms with E-state index in [-0.39, 0.29) is 5.82 Å². The molecular formula is C13H18FN3. The van der Waals surface area contributed by atoms with E-state index in [1.54, 1.807) is 6.07 Å². The lowest BCUT2D eigenvalue weighted by atomic mass is 10.3. The van der Waals surface area contributed by atoms with Crippen molar-refractivity contribution < 1.29 is 4.39 Å². The first-order chi connectivity index (χ1) is 8.13. The Bertz CT molecular complexity index is 517. The number of nitrogens with one attached hydrogen (secondary N) is 1. The highest BCUT2D eigenvalue weighted by Crippen LogP contribution is 2.22. The highest BCUT2D eigenvalue weighted by atomic mass is 19.1. The number of aromatic nitrogens is 2. The highest BCUT2D eigenvalue weighted by Gasteiger charge is 2.13. The summed E-state index contributed by atoms with van der Waals surface area (Å²) in [7, 11) is 1.92. The molecule has 17 heavy (non-hydrogen) atoms. The molecule has 1 heterocycles. The molecule has 92 valence electrons. The standard InChI is InChI=1S/C13H18FN3/c1-9(2)17-12-5-4-10(14)8-11(12)16-13(17)6-7-15-3/h4-5,8-9,15H,6-7H2,1-3H3. The molecule has 0 saturated carbocycles. The maximum atomic E-state index is 13.2. The summed E-state index contributed by atoms with van der Waals surface area (Å²) >= 11 is 0. The van der Waals surface area contributed by atoms with Crippen LogP contribution in [0, 0.1) is 5.82 Å². The van der Waals surface area contributed by atoms with Gasteiger partial charge in [-0.25, -0.2) is 9.37 Å². The molecule has 0 atom stereocenters. The van der Waals surface area contributed by atoms with Crippen molar-refractivity contribution in [1.29, 1.82) is 0 Å². The van der Waals surface area contributed by atoms with Gasteiger partial charge in [0.2, 0.25) is 0 Å². The summed E-state index contributed by atoms with van der Waals surface area (Å²) in [6, 6.07) is 5.12. The minimum absolute atomic E-state index is 0.230. The molecule has 0 aliphatic carbocycles. The van der Waals surface area contributed by atoms with Crippen molar-refractivity contribution in [3.05, 3.63) is 29.8 Å². The fraction of sp³-hybridized carbons (Fsp3) is 0.462. The van der Waals surface area contributed by atoms with E-state index in [9.17, 15) is 4.39 Å². The summed E-state index contributed by atoms with van der Waals surface area (Å²) in [5, 5.41) is 3.11. The van der Waals surface area contributed by atoms with E-state index < -0.39 is 0 Å². The summed E-state index contributed by atoms with van der Waals surface area (Å²) in [6.45, 7) is 5.11. The van der Waals surface area contributed by atoms with Gasteiger partial charge in [0.15, 0.2) is 0 Å². The van der Waals surface area contributed by atoms with Crippen LogP contribution in [0.15, 0.2) is 18.2 Å². The van der Waals surface area contributed by atoms with Crippen molar-refractivity contribution in [1.82, 2.24) is 14.9 Å². The van der Waals surface area contributed by atoms with Gasteiger partial charge in [0, 0.05) is 25.1 Å². The zero-order chi connectivity index (χ0) is 12.4. The van der Waals surface area contributed by atoms with Crippen molar-refractivity contribution >= 4 is 11.0 Å². The van der Waals surface area contributed by atoms with E-state index in [0.29, 0.717) is 6.04 Å². The van der Waals surface area contributed by atoms with Crippen LogP contribution < -0.4 is 5.32 Å². The number of fused-ring (bicyclic) bond motifs is 1. The van der Waals surface area contributed by atoms with Gasteiger partial charge >= 0.3 is 0 Å². The zero-order valence-electron chi connectivity index (χ0n) is 10.5. The average molecular weight is 235 g/mol. The Balaban J connectivity index is 2.53. The monoisotopic (exact) mass is 235 g/mol. The molecule has 3 nitrogen and oxygen atoms in total. The van der Waals surface area contributed by atoms with E-state index in [0.717, 1.165) is 29.8 Å². The zero-order valence-corrected chi connectivity index (χ0v) is 10.5. The second-order valence-electron chi connectivity index (χ2n) is 4.48. The van der Waals surface area contributed by atoms with Gasteiger partial charge in [-0.2, -0.15) is 0 Å². The molecule has 0 saturated heterocycles. The van der Waals surface area contributed by atoms with Gasteiger partial charge in [-0.05, 0) is 33.0 Å². The Hall–Kier alpha value is -1.42. The Morgan fingerprint density at radius 1 is 1.41 bits per heavy atom. The molecule has 0 amide bonds. The number of rotatable bonds is 4. The van der Waals surface area contributed by atoms with Gasteiger partial charge in [-0.1, -0.05) is 0 Å². The summed E-state index contributed by atoms with van der Waals surface area (Å²) < 4.78 is 15.3. The number of halogens is 1. The first-order valence-electron chi connectivity index (χ1n) is 5.94. The summed E-state index contributed by atoms with van der Waals surface area (Å²) in [4.78, 5) is 4.52. The van der Waals surface area contributed by atoms with Crippen molar-refractivity contribution in [3.63, 3.8) is 0 Å². The largest absolute Gasteiger partial charge is 0.325 e. The van der Waals surface area contributed by atoms with E-state index in [2.05, 4.69) is 28.7 Å². The predicted molar refractivity (Wildman–Crippen MR) is 67.7 cm³/mol. The number of hydrogen-bond acceptors (Lipinski definition) is 2. The summed E-state index contributed by atoms with van der Waals surface area (Å²) in [6.07, 6.45) is 0.852. The third-order valence-corrected chi connectivity index (χ3v) is 2.84. The van der Waals surface area contributed by atoms with E-state index in [1.807, 2.05) is 7.05 Å². The summed E-state index contributed by atoms with van der Waals surface area (Å²) in [5.74, 6) is 0.779. The maximum absolute atomic E-state index is 13.2. The third kappa shape index (κ3) is 2.31. The Labute approximate surface area is 101 Å². The van der Waals surface area contributed by atoms with Crippen LogP contribution in [-0.2, 0) is 6.42 Å². The lowest BCUT2D eigenvalue weighted by molar-refractivity contribution is 0.576. The number of nitrogens with zero attached hydrogens (tertiary/aromatic N) is 2. The molecule has 0 unspecified atom stereocenters. The quantitative estimate of drug-likeness (QED) is 0.882. The maximum Gasteiger partial charge on any atom is 0.125 e. The van der Waals surface area contributed by atoms with Gasteiger partial charge < -0.3 is 9.88 Å². The van der Waals surface area contributed by atoms with Crippen molar-refractivity contribution in [2.75, 3.05) is 13.6 Å². The van der Waals surface area contributed by atoms with Crippen LogP contribution >= 0.6 is 0 Å². The second-order valence-corrected chi connectivity index (χ2v) is 4.48. The molecule has 2 rings (SSSR count). The SMILES string of the molecule is CNCCc1nc2cc(F)ccc2n1C(C)C. The Morgan fingerprint density at radius 2 is 2.18 bits per heavy atom. The number of benzene rings is 1. The third-order valence-electron chi connectivity index (χ3n) is 2.84. The van der Waals surface area contributed by atoms with Crippen molar-refractivity contribution in [2.45, 2.75) is 26.3 Å². The Kier molecular flexibility index (Phi) is 3.43. The van der Waals surface area contributed by atoms with Crippen molar-refractivity contribution in [2.24, 2.45) is 0 Å². The molecule has 0 spiro atoms. The molecule has 0 fully saturated rings. The molecule has 2 aromatic rings. The van der Waals surface area contributed by atoms with Crippen LogP contribution in [0.25, 0.3) is 11.0 Å². The van der Waals surface area contributed by atoms with E-state index in [4.69, 9.17) is 0 Å². The fourth-order valence-electron chi connectivity index (χ4n) is 2.11. The number of likely N-dealkylation sites (N-methyl/N-ethyl adjacent to an activating group) is 1. The fourth-order valence-corrected chi connectivity index (χ4v) is 2.11. The van der Waals surface area contributed by atoms with Crippen LogP contribution in [0.3, 0.4) is 0 Å². The molecule has 0 radical (unpaired) electrons. The molecule has 0 aliphatic rings. The molecule has 1 N–H and O–H groups in total. The van der Waals surface area contributed by atoms with Gasteiger partial charge in [-0.3, -0.25) is 0 Å². The smallest absolute Gasteiger partial charge is 0.125 e. The van der Waals surface area contributed by atoms with Crippen LogP contribution in [0.1, 0.15) is 25.7 Å². The van der Waals surface area contributed by atoms with E-state index >= 15 is 0 Å². The van der Waals surface area contributed by atoms with Gasteiger partial charge in [0.05, 0.1) is 11.0 Å². The molecule has 1 aromatic carbocycles. The predicted octanol–water partition coefficient (Wildman–Crippen LogP) is 2.52. The van der Waals surface area contributed by atoms with Crippen molar-refractivity contribution in [3.8, 4) is 0 Å². The normalized spacial score (nSPS) is 11.6. The lowest BCUT2D eigenvalue weighted by Gasteiger charge is -2.12.